The van der Waals surface area contributed by atoms with Crippen LogP contribution in [0.25, 0.3) is 0 Å². The van der Waals surface area contributed by atoms with E-state index in [1.165, 1.54) is 23.0 Å². The molecule has 152 valence electrons. The number of halogens is 2. The van der Waals surface area contributed by atoms with Gasteiger partial charge in [0.1, 0.15) is 12.0 Å². The van der Waals surface area contributed by atoms with E-state index in [4.69, 9.17) is 0 Å². The van der Waals surface area contributed by atoms with Crippen LogP contribution in [0.3, 0.4) is 0 Å². The Morgan fingerprint density at radius 2 is 2.14 bits per heavy atom. The standard InChI is InChI=1S/C17H21F2N5O3S/c1-11(2)20-17(25)16-10-23(22-21-16)9-14-6-13(19)8-24(14)28(26,27)15-5-3-4-12(18)7-15/h3-5,7,10-11,13-14H,6,8-9H2,1-2H3,(H,20,25). The number of carbonyl (C=O) groups is 1. The van der Waals surface area contributed by atoms with E-state index in [1.54, 1.807) is 13.8 Å². The molecular formula is C17H21F2N5O3S. The molecule has 1 aromatic carbocycles. The summed E-state index contributed by atoms with van der Waals surface area (Å²) >= 11 is 0. The number of amides is 1. The van der Waals surface area contributed by atoms with Crippen LogP contribution in [-0.4, -0.2) is 58.4 Å². The van der Waals surface area contributed by atoms with Gasteiger partial charge in [-0.2, -0.15) is 4.31 Å². The van der Waals surface area contributed by atoms with Crippen LogP contribution >= 0.6 is 0 Å². The van der Waals surface area contributed by atoms with Crippen LogP contribution < -0.4 is 5.32 Å². The third-order valence-electron chi connectivity index (χ3n) is 4.30. The number of sulfonamides is 1. The highest BCUT2D eigenvalue weighted by atomic mass is 32.2. The van der Waals surface area contributed by atoms with E-state index >= 15 is 0 Å². The van der Waals surface area contributed by atoms with Crippen molar-refractivity contribution in [1.82, 2.24) is 24.6 Å². The van der Waals surface area contributed by atoms with Gasteiger partial charge in [0.15, 0.2) is 5.69 Å². The van der Waals surface area contributed by atoms with Crippen molar-refractivity contribution in [1.29, 1.82) is 0 Å². The number of hydrogen-bond donors (Lipinski definition) is 1. The van der Waals surface area contributed by atoms with Crippen molar-refractivity contribution in [2.45, 2.75) is 50.0 Å². The van der Waals surface area contributed by atoms with Gasteiger partial charge in [0.2, 0.25) is 10.0 Å². The molecule has 1 aliphatic heterocycles. The number of hydrogen-bond acceptors (Lipinski definition) is 5. The molecule has 28 heavy (non-hydrogen) atoms. The maximum absolute atomic E-state index is 14.0. The van der Waals surface area contributed by atoms with E-state index in [0.717, 1.165) is 16.4 Å². The van der Waals surface area contributed by atoms with Crippen LogP contribution in [0.4, 0.5) is 8.78 Å². The number of rotatable bonds is 6. The van der Waals surface area contributed by atoms with Crippen molar-refractivity contribution in [2.75, 3.05) is 6.54 Å². The Morgan fingerprint density at radius 3 is 2.82 bits per heavy atom. The molecule has 1 amide bonds. The molecule has 3 rings (SSSR count). The van der Waals surface area contributed by atoms with Gasteiger partial charge < -0.3 is 5.32 Å². The molecule has 0 radical (unpaired) electrons. The fourth-order valence-electron chi connectivity index (χ4n) is 3.10. The summed E-state index contributed by atoms with van der Waals surface area (Å²) in [4.78, 5) is 11.7. The van der Waals surface area contributed by atoms with Crippen molar-refractivity contribution in [3.63, 3.8) is 0 Å². The topological polar surface area (TPSA) is 97.2 Å². The Bertz CT molecular complexity index is 963. The Labute approximate surface area is 161 Å². The number of carbonyl (C=O) groups excluding carboxylic acids is 1. The number of nitrogens with zero attached hydrogens (tertiary/aromatic N) is 4. The van der Waals surface area contributed by atoms with E-state index in [1.807, 2.05) is 0 Å². The molecular weight excluding hydrogens is 392 g/mol. The quantitative estimate of drug-likeness (QED) is 0.771. The minimum Gasteiger partial charge on any atom is -0.348 e. The Balaban J connectivity index is 1.80. The molecule has 2 heterocycles. The number of benzene rings is 1. The summed E-state index contributed by atoms with van der Waals surface area (Å²) in [5.41, 5.74) is 0.0861. The van der Waals surface area contributed by atoms with Crippen LogP contribution in [0, 0.1) is 5.82 Å². The number of alkyl halides is 1. The van der Waals surface area contributed by atoms with Crippen LogP contribution in [-0.2, 0) is 16.6 Å². The van der Waals surface area contributed by atoms with Gasteiger partial charge in [0, 0.05) is 18.6 Å². The molecule has 0 bridgehead atoms. The van der Waals surface area contributed by atoms with E-state index in [9.17, 15) is 22.0 Å². The molecule has 0 spiro atoms. The molecule has 1 N–H and O–H groups in total. The van der Waals surface area contributed by atoms with Gasteiger partial charge >= 0.3 is 0 Å². The monoisotopic (exact) mass is 413 g/mol. The summed E-state index contributed by atoms with van der Waals surface area (Å²) in [5, 5.41) is 10.3. The summed E-state index contributed by atoms with van der Waals surface area (Å²) in [5.74, 6) is -1.09. The predicted octanol–water partition coefficient (Wildman–Crippen LogP) is 1.36. The van der Waals surface area contributed by atoms with Gasteiger partial charge in [-0.05, 0) is 38.5 Å². The first-order valence-electron chi connectivity index (χ1n) is 8.79. The Morgan fingerprint density at radius 1 is 1.39 bits per heavy atom. The Kier molecular flexibility index (Phi) is 5.75. The zero-order chi connectivity index (χ0) is 20.5. The lowest BCUT2D eigenvalue weighted by atomic mass is 10.2. The normalized spacial score (nSPS) is 20.6. The van der Waals surface area contributed by atoms with E-state index in [0.29, 0.717) is 0 Å². The molecule has 1 aliphatic rings. The first kappa shape index (κ1) is 20.3. The van der Waals surface area contributed by atoms with Crippen molar-refractivity contribution in [2.24, 2.45) is 0 Å². The molecule has 1 saturated heterocycles. The second-order valence-corrected chi connectivity index (χ2v) is 8.86. The van der Waals surface area contributed by atoms with Gasteiger partial charge in [-0.3, -0.25) is 9.48 Å². The third kappa shape index (κ3) is 4.36. The maximum Gasteiger partial charge on any atom is 0.273 e. The molecule has 1 aromatic heterocycles. The molecule has 0 aliphatic carbocycles. The Hall–Kier alpha value is -2.40. The van der Waals surface area contributed by atoms with Crippen molar-refractivity contribution in [3.8, 4) is 0 Å². The lowest BCUT2D eigenvalue weighted by Gasteiger charge is -2.23. The molecule has 2 unspecified atom stereocenters. The SMILES string of the molecule is CC(C)NC(=O)c1cn(CC2CC(F)CN2S(=O)(=O)c2cccc(F)c2)nn1. The summed E-state index contributed by atoms with van der Waals surface area (Å²) < 4.78 is 55.5. The average molecular weight is 413 g/mol. The minimum absolute atomic E-state index is 0.0247. The number of nitrogens with one attached hydrogen (secondary N) is 1. The van der Waals surface area contributed by atoms with Crippen molar-refractivity contribution < 1.29 is 22.0 Å². The van der Waals surface area contributed by atoms with Gasteiger partial charge in [0.05, 0.1) is 17.6 Å². The van der Waals surface area contributed by atoms with Gasteiger partial charge in [-0.15, -0.1) is 5.10 Å². The largest absolute Gasteiger partial charge is 0.348 e. The summed E-state index contributed by atoms with van der Waals surface area (Å²) in [6, 6.07) is 3.79. The first-order chi connectivity index (χ1) is 13.2. The van der Waals surface area contributed by atoms with Gasteiger partial charge in [0.25, 0.3) is 5.91 Å². The fraction of sp³-hybridized carbons (Fsp3) is 0.471. The zero-order valence-corrected chi connectivity index (χ0v) is 16.2. The average Bonchev–Trinajstić information content (AvgIpc) is 3.21. The highest BCUT2D eigenvalue weighted by Gasteiger charge is 2.41. The van der Waals surface area contributed by atoms with Crippen LogP contribution in [0.5, 0.6) is 0 Å². The third-order valence-corrected chi connectivity index (χ3v) is 6.22. The summed E-state index contributed by atoms with van der Waals surface area (Å²) in [7, 11) is -4.08. The smallest absolute Gasteiger partial charge is 0.273 e. The van der Waals surface area contributed by atoms with Gasteiger partial charge in [-0.25, -0.2) is 17.2 Å². The molecule has 11 heteroatoms. The molecule has 2 atom stereocenters. The molecule has 1 fully saturated rings. The van der Waals surface area contributed by atoms with Crippen LogP contribution in [0.1, 0.15) is 30.8 Å². The van der Waals surface area contributed by atoms with E-state index in [-0.39, 0.29) is 36.1 Å². The summed E-state index contributed by atoms with van der Waals surface area (Å²) in [6.45, 7) is 3.31. The van der Waals surface area contributed by atoms with E-state index in [2.05, 4.69) is 15.6 Å². The lowest BCUT2D eigenvalue weighted by Crippen LogP contribution is -2.38. The first-order valence-corrected chi connectivity index (χ1v) is 10.2. The highest BCUT2D eigenvalue weighted by molar-refractivity contribution is 7.89. The van der Waals surface area contributed by atoms with Gasteiger partial charge in [-0.1, -0.05) is 11.3 Å². The summed E-state index contributed by atoms with van der Waals surface area (Å²) in [6.07, 6.45) is 0.0126. The van der Waals surface area contributed by atoms with Crippen molar-refractivity contribution in [3.05, 3.63) is 42.0 Å². The second kappa shape index (κ2) is 7.92. The van der Waals surface area contributed by atoms with Crippen molar-refractivity contribution >= 4 is 15.9 Å². The van der Waals surface area contributed by atoms with E-state index < -0.39 is 34.0 Å². The lowest BCUT2D eigenvalue weighted by molar-refractivity contribution is 0.0938. The fourth-order valence-corrected chi connectivity index (χ4v) is 4.78. The predicted molar refractivity (Wildman–Crippen MR) is 96.2 cm³/mol. The molecule has 0 saturated carbocycles. The highest BCUT2D eigenvalue weighted by Crippen LogP contribution is 2.29. The number of aromatic nitrogens is 3. The zero-order valence-electron chi connectivity index (χ0n) is 15.4. The maximum atomic E-state index is 14.0. The minimum atomic E-state index is -4.08. The molecule has 8 nitrogen and oxygen atoms in total. The van der Waals surface area contributed by atoms with Crippen LogP contribution in [0.2, 0.25) is 0 Å². The second-order valence-electron chi connectivity index (χ2n) is 6.97. The van der Waals surface area contributed by atoms with Crippen LogP contribution in [0.15, 0.2) is 35.4 Å². The molecule has 2 aromatic rings.